The van der Waals surface area contributed by atoms with E-state index in [2.05, 4.69) is 36.7 Å². The zero-order chi connectivity index (χ0) is 12.7. The molecule has 1 aromatic rings. The number of hydrogen-bond donors (Lipinski definition) is 1. The third kappa shape index (κ3) is 4.00. The normalized spacial score (nSPS) is 10.9. The van der Waals surface area contributed by atoms with Crippen molar-refractivity contribution in [2.45, 2.75) is 52.6 Å². The van der Waals surface area contributed by atoms with E-state index in [-0.39, 0.29) is 0 Å². The molecule has 0 saturated heterocycles. The Morgan fingerprint density at radius 1 is 1.35 bits per heavy atom. The van der Waals surface area contributed by atoms with Crippen LogP contribution in [0.4, 0.5) is 5.69 Å². The van der Waals surface area contributed by atoms with Crippen LogP contribution in [-0.2, 0) is 6.54 Å². The minimum atomic E-state index is 0.500. The summed E-state index contributed by atoms with van der Waals surface area (Å²) < 4.78 is 0. The SMILES string of the molecule is CCCCCN(c1ccncc1CN)C(C)C. The zero-order valence-corrected chi connectivity index (χ0v) is 11.3. The molecular formula is C14H25N3. The van der Waals surface area contributed by atoms with Crippen LogP contribution in [0.2, 0.25) is 0 Å². The van der Waals surface area contributed by atoms with Crippen molar-refractivity contribution in [3.8, 4) is 0 Å². The largest absolute Gasteiger partial charge is 0.369 e. The highest BCUT2D eigenvalue weighted by atomic mass is 15.2. The fraction of sp³-hybridized carbons (Fsp3) is 0.643. The summed E-state index contributed by atoms with van der Waals surface area (Å²) in [6.45, 7) is 8.35. The molecule has 1 heterocycles. The number of nitrogens with zero attached hydrogens (tertiary/aromatic N) is 2. The second-order valence-corrected chi connectivity index (χ2v) is 4.70. The Labute approximate surface area is 105 Å². The average molecular weight is 235 g/mol. The van der Waals surface area contributed by atoms with Gasteiger partial charge in [-0.05, 0) is 26.3 Å². The molecule has 0 atom stereocenters. The summed E-state index contributed by atoms with van der Waals surface area (Å²) in [5.41, 5.74) is 8.16. The molecule has 17 heavy (non-hydrogen) atoms. The van der Waals surface area contributed by atoms with Gasteiger partial charge in [0, 0.05) is 42.8 Å². The van der Waals surface area contributed by atoms with E-state index in [1.165, 1.54) is 24.9 Å². The van der Waals surface area contributed by atoms with E-state index in [0.29, 0.717) is 12.6 Å². The second-order valence-electron chi connectivity index (χ2n) is 4.70. The number of aromatic nitrogens is 1. The van der Waals surface area contributed by atoms with Crippen molar-refractivity contribution in [1.29, 1.82) is 0 Å². The number of anilines is 1. The molecule has 0 aliphatic rings. The fourth-order valence-electron chi connectivity index (χ4n) is 2.05. The Bertz CT molecular complexity index is 323. The van der Waals surface area contributed by atoms with Crippen LogP contribution < -0.4 is 10.6 Å². The summed E-state index contributed by atoms with van der Waals surface area (Å²) in [7, 11) is 0. The lowest BCUT2D eigenvalue weighted by Crippen LogP contribution is -2.32. The topological polar surface area (TPSA) is 42.2 Å². The standard InChI is InChI=1S/C14H25N3/c1-4-5-6-9-17(12(2)3)14-7-8-16-11-13(14)10-15/h7-8,11-12H,4-6,9-10,15H2,1-3H3. The molecule has 0 unspecified atom stereocenters. The van der Waals surface area contributed by atoms with Gasteiger partial charge in [-0.15, -0.1) is 0 Å². The van der Waals surface area contributed by atoms with Crippen molar-refractivity contribution >= 4 is 5.69 Å². The lowest BCUT2D eigenvalue weighted by atomic mass is 10.1. The maximum atomic E-state index is 5.78. The van der Waals surface area contributed by atoms with Crippen molar-refractivity contribution in [3.63, 3.8) is 0 Å². The minimum Gasteiger partial charge on any atom is -0.369 e. The van der Waals surface area contributed by atoms with Crippen LogP contribution in [0.3, 0.4) is 0 Å². The molecule has 0 fully saturated rings. The van der Waals surface area contributed by atoms with Gasteiger partial charge in [0.2, 0.25) is 0 Å². The van der Waals surface area contributed by atoms with Gasteiger partial charge in [0.1, 0.15) is 0 Å². The predicted octanol–water partition coefficient (Wildman–Crippen LogP) is 2.95. The Kier molecular flexibility index (Phi) is 5.98. The fourth-order valence-corrected chi connectivity index (χ4v) is 2.05. The lowest BCUT2D eigenvalue weighted by Gasteiger charge is -2.30. The number of pyridine rings is 1. The molecule has 0 bridgehead atoms. The predicted molar refractivity (Wildman–Crippen MR) is 74.1 cm³/mol. The summed E-state index contributed by atoms with van der Waals surface area (Å²) >= 11 is 0. The molecule has 1 rings (SSSR count). The van der Waals surface area contributed by atoms with Crippen LogP contribution in [0.15, 0.2) is 18.5 Å². The Morgan fingerprint density at radius 2 is 2.12 bits per heavy atom. The molecular weight excluding hydrogens is 210 g/mol. The molecule has 0 saturated carbocycles. The van der Waals surface area contributed by atoms with E-state index in [4.69, 9.17) is 5.73 Å². The first-order valence-corrected chi connectivity index (χ1v) is 6.60. The van der Waals surface area contributed by atoms with E-state index >= 15 is 0 Å². The summed E-state index contributed by atoms with van der Waals surface area (Å²) in [6, 6.07) is 2.58. The van der Waals surface area contributed by atoms with Crippen LogP contribution in [0.25, 0.3) is 0 Å². The first-order chi connectivity index (χ1) is 8.20. The van der Waals surface area contributed by atoms with Crippen molar-refractivity contribution in [2.24, 2.45) is 5.73 Å². The second kappa shape index (κ2) is 7.28. The zero-order valence-electron chi connectivity index (χ0n) is 11.3. The molecule has 96 valence electrons. The van der Waals surface area contributed by atoms with E-state index in [9.17, 15) is 0 Å². The number of nitrogens with two attached hydrogens (primary N) is 1. The summed E-state index contributed by atoms with van der Waals surface area (Å²) in [5.74, 6) is 0. The summed E-state index contributed by atoms with van der Waals surface area (Å²) in [5, 5.41) is 0. The number of unbranched alkanes of at least 4 members (excludes halogenated alkanes) is 2. The van der Waals surface area contributed by atoms with Crippen LogP contribution >= 0.6 is 0 Å². The van der Waals surface area contributed by atoms with Gasteiger partial charge in [-0.2, -0.15) is 0 Å². The molecule has 0 spiro atoms. The average Bonchev–Trinajstić information content (AvgIpc) is 2.34. The molecule has 0 amide bonds. The van der Waals surface area contributed by atoms with Gasteiger partial charge in [-0.3, -0.25) is 4.98 Å². The van der Waals surface area contributed by atoms with Gasteiger partial charge in [-0.1, -0.05) is 19.8 Å². The highest BCUT2D eigenvalue weighted by molar-refractivity contribution is 5.52. The van der Waals surface area contributed by atoms with Crippen molar-refractivity contribution in [1.82, 2.24) is 4.98 Å². The third-order valence-electron chi connectivity index (χ3n) is 3.03. The maximum Gasteiger partial charge on any atom is 0.0445 e. The highest BCUT2D eigenvalue weighted by Crippen LogP contribution is 2.21. The van der Waals surface area contributed by atoms with Crippen LogP contribution in [-0.4, -0.2) is 17.6 Å². The van der Waals surface area contributed by atoms with Crippen molar-refractivity contribution in [2.75, 3.05) is 11.4 Å². The van der Waals surface area contributed by atoms with Crippen LogP contribution in [0.1, 0.15) is 45.6 Å². The Morgan fingerprint density at radius 3 is 2.71 bits per heavy atom. The molecule has 1 aromatic heterocycles. The first kappa shape index (κ1) is 14.0. The van der Waals surface area contributed by atoms with Gasteiger partial charge in [0.05, 0.1) is 0 Å². The number of hydrogen-bond acceptors (Lipinski definition) is 3. The summed E-state index contributed by atoms with van der Waals surface area (Å²) in [6.07, 6.45) is 7.51. The smallest absolute Gasteiger partial charge is 0.0445 e. The molecule has 3 heteroatoms. The lowest BCUT2D eigenvalue weighted by molar-refractivity contribution is 0.623. The molecule has 0 aliphatic heterocycles. The number of rotatable bonds is 7. The maximum absolute atomic E-state index is 5.78. The van der Waals surface area contributed by atoms with Crippen LogP contribution in [0, 0.1) is 0 Å². The first-order valence-electron chi connectivity index (χ1n) is 6.60. The Hall–Kier alpha value is -1.09. The van der Waals surface area contributed by atoms with E-state index < -0.39 is 0 Å². The monoisotopic (exact) mass is 235 g/mol. The molecule has 3 nitrogen and oxygen atoms in total. The molecule has 0 aliphatic carbocycles. The molecule has 2 N–H and O–H groups in total. The van der Waals surface area contributed by atoms with Crippen LogP contribution in [0.5, 0.6) is 0 Å². The highest BCUT2D eigenvalue weighted by Gasteiger charge is 2.13. The third-order valence-corrected chi connectivity index (χ3v) is 3.03. The van der Waals surface area contributed by atoms with Gasteiger partial charge in [0.15, 0.2) is 0 Å². The molecule has 0 radical (unpaired) electrons. The van der Waals surface area contributed by atoms with E-state index in [1.54, 1.807) is 0 Å². The van der Waals surface area contributed by atoms with Gasteiger partial charge in [-0.25, -0.2) is 0 Å². The summed E-state index contributed by atoms with van der Waals surface area (Å²) in [4.78, 5) is 6.58. The quantitative estimate of drug-likeness (QED) is 0.739. The Balaban J connectivity index is 2.81. The van der Waals surface area contributed by atoms with E-state index in [1.807, 2.05) is 12.4 Å². The van der Waals surface area contributed by atoms with Gasteiger partial charge < -0.3 is 10.6 Å². The van der Waals surface area contributed by atoms with Crippen molar-refractivity contribution in [3.05, 3.63) is 24.0 Å². The van der Waals surface area contributed by atoms with Crippen molar-refractivity contribution < 1.29 is 0 Å². The minimum absolute atomic E-state index is 0.500. The van der Waals surface area contributed by atoms with Gasteiger partial charge in [0.25, 0.3) is 0 Å². The van der Waals surface area contributed by atoms with Gasteiger partial charge >= 0.3 is 0 Å². The van der Waals surface area contributed by atoms with E-state index in [0.717, 1.165) is 12.1 Å². The molecule has 0 aromatic carbocycles.